The number of halogens is 1. The van der Waals surface area contributed by atoms with Crippen molar-refractivity contribution in [2.45, 2.75) is 18.6 Å². The van der Waals surface area contributed by atoms with Crippen LogP contribution in [0, 0.1) is 6.92 Å². The van der Waals surface area contributed by atoms with E-state index in [9.17, 15) is 4.79 Å². The molecule has 3 aromatic rings. The van der Waals surface area contributed by atoms with Gasteiger partial charge in [-0.2, -0.15) is 5.10 Å². The molecule has 0 fully saturated rings. The number of nitrogen functional groups attached to an aromatic ring is 1. The number of rotatable bonds is 8. The smallest absolute Gasteiger partial charge is 0.264 e. The van der Waals surface area contributed by atoms with Gasteiger partial charge in [0.1, 0.15) is 0 Å². The van der Waals surface area contributed by atoms with Gasteiger partial charge in [-0.05, 0) is 30.2 Å². The lowest BCUT2D eigenvalue weighted by atomic mass is 10.1. The molecule has 0 radical (unpaired) electrons. The molecule has 1 amide bonds. The Hall–Kier alpha value is -2.85. The van der Waals surface area contributed by atoms with E-state index in [1.807, 2.05) is 55.5 Å². The molecule has 0 atom stereocenters. The van der Waals surface area contributed by atoms with Gasteiger partial charge >= 0.3 is 0 Å². The molecular weight excluding hydrogens is 454 g/mol. The molecule has 3 rings (SSSR count). The van der Waals surface area contributed by atoms with E-state index in [0.29, 0.717) is 11.7 Å². The van der Waals surface area contributed by atoms with E-state index in [1.54, 1.807) is 6.21 Å². The van der Waals surface area contributed by atoms with E-state index in [-0.39, 0.29) is 17.6 Å². The van der Waals surface area contributed by atoms with Crippen molar-refractivity contribution >= 4 is 45.8 Å². The molecule has 4 N–H and O–H groups in total. The standard InChI is InChI=1S/C19H20BrN7OS/c1-13-2-4-14(5-3-13)10-22-17(28)12-29-19-26-25-18(27(19)21)24-23-11-15-6-8-16(20)9-7-15/h2-9,11H,10,12,21H2,1H3,(H,22,28)(H,24,25)/b23-11+. The summed E-state index contributed by atoms with van der Waals surface area (Å²) in [5.74, 6) is 6.32. The molecule has 1 aromatic heterocycles. The highest BCUT2D eigenvalue weighted by Crippen LogP contribution is 2.16. The predicted octanol–water partition coefficient (Wildman–Crippen LogP) is 2.92. The predicted molar refractivity (Wildman–Crippen MR) is 119 cm³/mol. The summed E-state index contributed by atoms with van der Waals surface area (Å²) in [4.78, 5) is 12.1. The number of amides is 1. The second-order valence-electron chi connectivity index (χ2n) is 6.15. The minimum absolute atomic E-state index is 0.110. The van der Waals surface area contributed by atoms with Crippen molar-refractivity contribution in [2.75, 3.05) is 17.0 Å². The highest BCUT2D eigenvalue weighted by molar-refractivity contribution is 9.10. The van der Waals surface area contributed by atoms with Crippen molar-refractivity contribution in [3.8, 4) is 0 Å². The van der Waals surface area contributed by atoms with Gasteiger partial charge in [-0.25, -0.2) is 10.1 Å². The summed E-state index contributed by atoms with van der Waals surface area (Å²) in [5.41, 5.74) is 5.89. The summed E-state index contributed by atoms with van der Waals surface area (Å²) in [6, 6.07) is 15.7. The molecule has 10 heteroatoms. The van der Waals surface area contributed by atoms with E-state index in [4.69, 9.17) is 5.84 Å². The lowest BCUT2D eigenvalue weighted by Crippen LogP contribution is -2.25. The maximum Gasteiger partial charge on any atom is 0.264 e. The molecule has 0 aliphatic rings. The average Bonchev–Trinajstić information content (AvgIpc) is 3.07. The number of nitrogens with zero attached hydrogens (tertiary/aromatic N) is 4. The summed E-state index contributed by atoms with van der Waals surface area (Å²) in [6.07, 6.45) is 1.65. The number of hydrogen-bond acceptors (Lipinski definition) is 7. The van der Waals surface area contributed by atoms with Crippen LogP contribution in [0.2, 0.25) is 0 Å². The second-order valence-corrected chi connectivity index (χ2v) is 8.01. The van der Waals surface area contributed by atoms with Crippen LogP contribution in [0.3, 0.4) is 0 Å². The zero-order valence-corrected chi connectivity index (χ0v) is 18.1. The van der Waals surface area contributed by atoms with Gasteiger partial charge in [0, 0.05) is 11.0 Å². The van der Waals surface area contributed by atoms with Crippen molar-refractivity contribution in [1.29, 1.82) is 0 Å². The first-order valence-electron chi connectivity index (χ1n) is 8.71. The van der Waals surface area contributed by atoms with Crippen LogP contribution < -0.4 is 16.6 Å². The van der Waals surface area contributed by atoms with Gasteiger partial charge in [-0.3, -0.25) is 4.79 Å². The van der Waals surface area contributed by atoms with E-state index in [2.05, 4.69) is 42.0 Å². The minimum atomic E-state index is -0.110. The van der Waals surface area contributed by atoms with Gasteiger partial charge in [0.25, 0.3) is 5.95 Å². The molecule has 150 valence electrons. The number of hydrazone groups is 1. The van der Waals surface area contributed by atoms with Crippen molar-refractivity contribution < 1.29 is 4.79 Å². The van der Waals surface area contributed by atoms with Gasteiger partial charge in [0.15, 0.2) is 0 Å². The van der Waals surface area contributed by atoms with E-state index >= 15 is 0 Å². The summed E-state index contributed by atoms with van der Waals surface area (Å²) < 4.78 is 2.26. The number of aryl methyl sites for hydroxylation is 1. The van der Waals surface area contributed by atoms with Crippen LogP contribution in [0.25, 0.3) is 0 Å². The summed E-state index contributed by atoms with van der Waals surface area (Å²) in [5, 5.41) is 15.3. The monoisotopic (exact) mass is 473 g/mol. The van der Waals surface area contributed by atoms with E-state index < -0.39 is 0 Å². The maximum absolute atomic E-state index is 12.1. The fourth-order valence-electron chi connectivity index (χ4n) is 2.25. The highest BCUT2D eigenvalue weighted by atomic mass is 79.9. The fourth-order valence-corrected chi connectivity index (χ4v) is 3.20. The first-order chi connectivity index (χ1) is 14.0. The van der Waals surface area contributed by atoms with Crippen LogP contribution in [0.15, 0.2) is 63.3 Å². The minimum Gasteiger partial charge on any atom is -0.351 e. The maximum atomic E-state index is 12.1. The molecular formula is C19H20BrN7OS. The number of nitrogens with two attached hydrogens (primary N) is 1. The Kier molecular flexibility index (Phi) is 7.25. The van der Waals surface area contributed by atoms with Gasteiger partial charge < -0.3 is 11.2 Å². The fraction of sp³-hybridized carbons (Fsp3) is 0.158. The molecule has 2 aromatic carbocycles. The van der Waals surface area contributed by atoms with Crippen LogP contribution in [-0.2, 0) is 11.3 Å². The molecule has 0 saturated carbocycles. The molecule has 0 unspecified atom stereocenters. The Labute approximate surface area is 181 Å². The molecule has 8 nitrogen and oxygen atoms in total. The summed E-state index contributed by atoms with van der Waals surface area (Å²) in [6.45, 7) is 2.50. The third-order valence-electron chi connectivity index (χ3n) is 3.86. The number of carbonyl (C=O) groups excluding carboxylic acids is 1. The Bertz CT molecular complexity index is 987. The van der Waals surface area contributed by atoms with Crippen molar-refractivity contribution in [2.24, 2.45) is 5.10 Å². The van der Waals surface area contributed by atoms with Gasteiger partial charge in [0.05, 0.1) is 12.0 Å². The van der Waals surface area contributed by atoms with E-state index in [0.717, 1.165) is 15.6 Å². The molecule has 1 heterocycles. The molecule has 0 saturated heterocycles. The van der Waals surface area contributed by atoms with Crippen molar-refractivity contribution in [3.05, 3.63) is 69.7 Å². The first kappa shape index (κ1) is 20.9. The zero-order valence-electron chi connectivity index (χ0n) is 15.7. The second kappa shape index (κ2) is 10.1. The quantitative estimate of drug-likeness (QED) is 0.201. The Morgan fingerprint density at radius 1 is 1.21 bits per heavy atom. The summed E-state index contributed by atoms with van der Waals surface area (Å²) in [7, 11) is 0. The number of nitrogens with one attached hydrogen (secondary N) is 2. The molecule has 0 spiro atoms. The largest absolute Gasteiger partial charge is 0.351 e. The number of aromatic nitrogens is 3. The third kappa shape index (κ3) is 6.33. The van der Waals surface area contributed by atoms with Gasteiger partial charge in [0.2, 0.25) is 11.1 Å². The molecule has 29 heavy (non-hydrogen) atoms. The van der Waals surface area contributed by atoms with Gasteiger partial charge in [-0.1, -0.05) is 69.7 Å². The van der Waals surface area contributed by atoms with Crippen molar-refractivity contribution in [3.63, 3.8) is 0 Å². The van der Waals surface area contributed by atoms with Crippen LogP contribution in [0.4, 0.5) is 5.95 Å². The number of carbonyl (C=O) groups is 1. The molecule has 0 bridgehead atoms. The number of thioether (sulfide) groups is 1. The molecule has 0 aliphatic carbocycles. The lowest BCUT2D eigenvalue weighted by Gasteiger charge is -2.06. The number of hydrogen-bond donors (Lipinski definition) is 3. The molecule has 0 aliphatic heterocycles. The van der Waals surface area contributed by atoms with Crippen LogP contribution in [-0.4, -0.2) is 32.7 Å². The zero-order chi connectivity index (χ0) is 20.6. The SMILES string of the molecule is Cc1ccc(CNC(=O)CSc2nnc(N/N=C/c3ccc(Br)cc3)n2N)cc1. The summed E-state index contributed by atoms with van der Waals surface area (Å²) >= 11 is 4.58. The lowest BCUT2D eigenvalue weighted by molar-refractivity contribution is -0.118. The Morgan fingerprint density at radius 3 is 2.66 bits per heavy atom. The topological polar surface area (TPSA) is 110 Å². The Balaban J connectivity index is 1.46. The normalized spacial score (nSPS) is 11.0. The van der Waals surface area contributed by atoms with Crippen LogP contribution >= 0.6 is 27.7 Å². The van der Waals surface area contributed by atoms with Crippen LogP contribution in [0.1, 0.15) is 16.7 Å². The van der Waals surface area contributed by atoms with E-state index in [1.165, 1.54) is 22.0 Å². The number of anilines is 1. The highest BCUT2D eigenvalue weighted by Gasteiger charge is 2.11. The van der Waals surface area contributed by atoms with Crippen LogP contribution in [0.5, 0.6) is 0 Å². The van der Waals surface area contributed by atoms with Crippen molar-refractivity contribution in [1.82, 2.24) is 20.2 Å². The van der Waals surface area contributed by atoms with Gasteiger partial charge in [-0.15, -0.1) is 10.2 Å². The first-order valence-corrected chi connectivity index (χ1v) is 10.5. The third-order valence-corrected chi connectivity index (χ3v) is 5.33. The average molecular weight is 474 g/mol. The Morgan fingerprint density at radius 2 is 1.93 bits per heavy atom. The number of benzene rings is 2.